The molecule has 5 heteroatoms. The first-order chi connectivity index (χ1) is 7.72. The van der Waals surface area contributed by atoms with Crippen molar-refractivity contribution in [3.63, 3.8) is 0 Å². The Kier molecular flexibility index (Phi) is 3.53. The van der Waals surface area contributed by atoms with Gasteiger partial charge in [0.15, 0.2) is 0 Å². The number of carbonyl (C=O) groups is 1. The van der Waals surface area contributed by atoms with Crippen LogP contribution in [0.5, 0.6) is 0 Å². The minimum Gasteiger partial charge on any atom is -0.336 e. The maximum atomic E-state index is 12.2. The third kappa shape index (κ3) is 2.24. The largest absolute Gasteiger partial charge is 0.336 e. The molecule has 1 aliphatic heterocycles. The van der Waals surface area contributed by atoms with E-state index in [1.807, 2.05) is 36.6 Å². The molecule has 0 aliphatic carbocycles. The fourth-order valence-corrected chi connectivity index (χ4v) is 2.79. The molecule has 0 N–H and O–H groups in total. The Morgan fingerprint density at radius 3 is 2.81 bits per heavy atom. The van der Waals surface area contributed by atoms with Crippen LogP contribution in [0.15, 0.2) is 6.07 Å². The van der Waals surface area contributed by atoms with E-state index in [0.717, 1.165) is 42.5 Å². The molecule has 16 heavy (non-hydrogen) atoms. The SMILES string of the molecule is CCn1nc(C)cc1C(=O)N1CCSCC1. The van der Waals surface area contributed by atoms with Crippen molar-refractivity contribution in [2.24, 2.45) is 0 Å². The van der Waals surface area contributed by atoms with Crippen LogP contribution in [-0.2, 0) is 6.54 Å². The molecule has 0 radical (unpaired) electrons. The molecule has 1 fully saturated rings. The lowest BCUT2D eigenvalue weighted by atomic mass is 10.3. The molecule has 0 spiro atoms. The van der Waals surface area contributed by atoms with Crippen molar-refractivity contribution < 1.29 is 4.79 Å². The van der Waals surface area contributed by atoms with Crippen molar-refractivity contribution in [2.75, 3.05) is 24.6 Å². The lowest BCUT2D eigenvalue weighted by Crippen LogP contribution is -2.38. The van der Waals surface area contributed by atoms with E-state index in [0.29, 0.717) is 0 Å². The van der Waals surface area contributed by atoms with E-state index in [2.05, 4.69) is 5.10 Å². The lowest BCUT2D eigenvalue weighted by molar-refractivity contribution is 0.0760. The van der Waals surface area contributed by atoms with Crippen molar-refractivity contribution in [2.45, 2.75) is 20.4 Å². The van der Waals surface area contributed by atoms with Gasteiger partial charge in [-0.3, -0.25) is 9.48 Å². The maximum absolute atomic E-state index is 12.2. The average molecular weight is 239 g/mol. The molecule has 1 aromatic rings. The van der Waals surface area contributed by atoms with Crippen LogP contribution in [0.1, 0.15) is 23.1 Å². The average Bonchev–Trinajstić information content (AvgIpc) is 2.70. The van der Waals surface area contributed by atoms with Gasteiger partial charge >= 0.3 is 0 Å². The lowest BCUT2D eigenvalue weighted by Gasteiger charge is -2.26. The second-order valence-electron chi connectivity index (χ2n) is 3.89. The first kappa shape index (κ1) is 11.5. The van der Waals surface area contributed by atoms with Crippen LogP contribution in [-0.4, -0.2) is 45.2 Å². The Morgan fingerprint density at radius 1 is 1.50 bits per heavy atom. The van der Waals surface area contributed by atoms with Gasteiger partial charge in [-0.05, 0) is 19.9 Å². The van der Waals surface area contributed by atoms with Gasteiger partial charge in [-0.15, -0.1) is 0 Å². The molecular formula is C11H17N3OS. The molecule has 0 aromatic carbocycles. The minimum atomic E-state index is 0.128. The third-order valence-corrected chi connectivity index (χ3v) is 3.66. The van der Waals surface area contributed by atoms with Crippen LogP contribution >= 0.6 is 11.8 Å². The highest BCUT2D eigenvalue weighted by atomic mass is 32.2. The summed E-state index contributed by atoms with van der Waals surface area (Å²) < 4.78 is 1.79. The van der Waals surface area contributed by atoms with E-state index in [4.69, 9.17) is 0 Å². The summed E-state index contributed by atoms with van der Waals surface area (Å²) in [5.74, 6) is 2.22. The van der Waals surface area contributed by atoms with Gasteiger partial charge in [0, 0.05) is 31.1 Å². The molecule has 1 aromatic heterocycles. The van der Waals surface area contributed by atoms with E-state index in [1.54, 1.807) is 4.68 Å². The van der Waals surface area contributed by atoms with Gasteiger partial charge in [0.25, 0.3) is 5.91 Å². The summed E-state index contributed by atoms with van der Waals surface area (Å²) in [7, 11) is 0. The highest BCUT2D eigenvalue weighted by Gasteiger charge is 2.21. The third-order valence-electron chi connectivity index (χ3n) is 2.72. The van der Waals surface area contributed by atoms with Crippen molar-refractivity contribution >= 4 is 17.7 Å². The molecular weight excluding hydrogens is 222 g/mol. The second kappa shape index (κ2) is 4.91. The molecule has 0 atom stereocenters. The van der Waals surface area contributed by atoms with Crippen LogP contribution in [0.2, 0.25) is 0 Å². The second-order valence-corrected chi connectivity index (χ2v) is 5.12. The Bertz CT molecular complexity index is 383. The monoisotopic (exact) mass is 239 g/mol. The van der Waals surface area contributed by atoms with Crippen LogP contribution in [0, 0.1) is 6.92 Å². The van der Waals surface area contributed by atoms with Crippen molar-refractivity contribution in [1.82, 2.24) is 14.7 Å². The van der Waals surface area contributed by atoms with Gasteiger partial charge in [-0.2, -0.15) is 16.9 Å². The summed E-state index contributed by atoms with van der Waals surface area (Å²) in [5, 5.41) is 4.31. The molecule has 0 bridgehead atoms. The van der Waals surface area contributed by atoms with E-state index < -0.39 is 0 Å². The van der Waals surface area contributed by atoms with E-state index in [9.17, 15) is 4.79 Å². The van der Waals surface area contributed by atoms with Crippen molar-refractivity contribution in [1.29, 1.82) is 0 Å². The summed E-state index contributed by atoms with van der Waals surface area (Å²) in [6.45, 7) is 6.40. The number of rotatable bonds is 2. The molecule has 4 nitrogen and oxygen atoms in total. The first-order valence-corrected chi connectivity index (χ1v) is 6.79. The molecule has 2 heterocycles. The van der Waals surface area contributed by atoms with Crippen LogP contribution in [0.4, 0.5) is 0 Å². The zero-order chi connectivity index (χ0) is 11.5. The quantitative estimate of drug-likeness (QED) is 0.783. The van der Waals surface area contributed by atoms with Crippen LogP contribution in [0.3, 0.4) is 0 Å². The summed E-state index contributed by atoms with van der Waals surface area (Å²) in [6, 6.07) is 1.88. The number of amides is 1. The van der Waals surface area contributed by atoms with E-state index in [-0.39, 0.29) is 5.91 Å². The van der Waals surface area contributed by atoms with Gasteiger partial charge in [0.1, 0.15) is 5.69 Å². The maximum Gasteiger partial charge on any atom is 0.272 e. The molecule has 0 saturated carbocycles. The molecule has 1 aliphatic rings. The van der Waals surface area contributed by atoms with Crippen LogP contribution < -0.4 is 0 Å². The predicted octanol–water partition coefficient (Wildman–Crippen LogP) is 1.40. The topological polar surface area (TPSA) is 38.1 Å². The molecule has 88 valence electrons. The predicted molar refractivity (Wildman–Crippen MR) is 65.9 cm³/mol. The molecule has 2 rings (SSSR count). The van der Waals surface area contributed by atoms with Gasteiger partial charge < -0.3 is 4.90 Å². The molecule has 1 saturated heterocycles. The van der Waals surface area contributed by atoms with Crippen molar-refractivity contribution in [3.8, 4) is 0 Å². The zero-order valence-electron chi connectivity index (χ0n) is 9.77. The van der Waals surface area contributed by atoms with E-state index in [1.165, 1.54) is 0 Å². The Labute approximate surface area is 100.0 Å². The summed E-state index contributed by atoms with van der Waals surface area (Å²) >= 11 is 1.91. The number of carbonyl (C=O) groups excluding carboxylic acids is 1. The van der Waals surface area contributed by atoms with Gasteiger partial charge in [0.2, 0.25) is 0 Å². The molecule has 0 unspecified atom stereocenters. The van der Waals surface area contributed by atoms with Crippen LogP contribution in [0.25, 0.3) is 0 Å². The fourth-order valence-electron chi connectivity index (χ4n) is 1.89. The Hall–Kier alpha value is -0.970. The number of aryl methyl sites for hydroxylation is 2. The fraction of sp³-hybridized carbons (Fsp3) is 0.636. The normalized spacial score (nSPS) is 16.5. The van der Waals surface area contributed by atoms with Crippen molar-refractivity contribution in [3.05, 3.63) is 17.5 Å². The number of hydrogen-bond acceptors (Lipinski definition) is 3. The summed E-state index contributed by atoms with van der Waals surface area (Å²) in [5.41, 5.74) is 1.64. The summed E-state index contributed by atoms with van der Waals surface area (Å²) in [4.78, 5) is 14.2. The highest BCUT2D eigenvalue weighted by molar-refractivity contribution is 7.99. The Balaban J connectivity index is 2.18. The van der Waals surface area contributed by atoms with Gasteiger partial charge in [-0.25, -0.2) is 0 Å². The van der Waals surface area contributed by atoms with E-state index >= 15 is 0 Å². The number of nitrogens with zero attached hydrogens (tertiary/aromatic N) is 3. The van der Waals surface area contributed by atoms with Gasteiger partial charge in [0.05, 0.1) is 5.69 Å². The van der Waals surface area contributed by atoms with Gasteiger partial charge in [-0.1, -0.05) is 0 Å². The number of hydrogen-bond donors (Lipinski definition) is 0. The smallest absolute Gasteiger partial charge is 0.272 e. The highest BCUT2D eigenvalue weighted by Crippen LogP contribution is 2.13. The zero-order valence-corrected chi connectivity index (χ0v) is 10.6. The number of thioether (sulfide) groups is 1. The molecule has 1 amide bonds. The Morgan fingerprint density at radius 2 is 2.19 bits per heavy atom. The standard InChI is InChI=1S/C11H17N3OS/c1-3-14-10(8-9(2)12-14)11(15)13-4-6-16-7-5-13/h8H,3-7H2,1-2H3. The summed E-state index contributed by atoms with van der Waals surface area (Å²) in [6.07, 6.45) is 0. The minimum absolute atomic E-state index is 0.128. The number of aromatic nitrogens is 2. The first-order valence-electron chi connectivity index (χ1n) is 5.64.